The fourth-order valence-electron chi connectivity index (χ4n) is 5.68. The fourth-order valence-corrected chi connectivity index (χ4v) is 5.68. The second kappa shape index (κ2) is 14.0. The Balaban J connectivity index is 1.19. The van der Waals surface area contributed by atoms with Crippen LogP contribution in [0.2, 0.25) is 0 Å². The number of hydrogen-bond donors (Lipinski definition) is 1. The monoisotopic (exact) mass is 636 g/mol. The highest BCUT2D eigenvalue weighted by atomic mass is 15.1. The van der Waals surface area contributed by atoms with E-state index in [1.54, 1.807) is 24.3 Å². The Kier molecular flexibility index (Phi) is 8.89. The number of nitrogens with zero attached hydrogens (tertiary/aromatic N) is 7. The summed E-state index contributed by atoms with van der Waals surface area (Å²) in [7, 11) is 0. The van der Waals surface area contributed by atoms with Crippen LogP contribution in [0.5, 0.6) is 0 Å². The largest absolute Gasteiger partial charge is 0.382 e. The van der Waals surface area contributed by atoms with Gasteiger partial charge < -0.3 is 5.32 Å². The summed E-state index contributed by atoms with van der Waals surface area (Å²) >= 11 is 0. The van der Waals surface area contributed by atoms with E-state index in [1.807, 2.05) is 91.0 Å². The normalized spacial score (nSPS) is 12.4. The van der Waals surface area contributed by atoms with Gasteiger partial charge in [0.05, 0.1) is 45.8 Å². The van der Waals surface area contributed by atoms with E-state index in [4.69, 9.17) is 20.6 Å². The van der Waals surface area contributed by atoms with Crippen LogP contribution in [0.25, 0.3) is 32.3 Å². The number of hydrogen-bond acceptors (Lipinski definition) is 8. The number of anilines is 1. The summed E-state index contributed by atoms with van der Waals surface area (Å²) in [5, 5.41) is 46.2. The van der Waals surface area contributed by atoms with Gasteiger partial charge in [-0.2, -0.15) is 10.4 Å². The summed E-state index contributed by atoms with van der Waals surface area (Å²) in [6.07, 6.45) is 1.04. The second-order valence-corrected chi connectivity index (χ2v) is 11.7. The third kappa shape index (κ3) is 6.64. The van der Waals surface area contributed by atoms with E-state index in [0.717, 1.165) is 67.2 Å². The number of fused-ring (bicyclic) bond motifs is 3. The zero-order valence-corrected chi connectivity index (χ0v) is 27.1. The molecule has 1 unspecified atom stereocenters. The van der Waals surface area contributed by atoms with Crippen LogP contribution in [-0.4, -0.2) is 6.04 Å². The molecule has 0 amide bonds. The van der Waals surface area contributed by atoms with Crippen LogP contribution in [0.4, 0.5) is 39.8 Å². The lowest BCUT2D eigenvalue weighted by atomic mass is 10.1. The molecule has 0 aliphatic carbocycles. The molecule has 0 saturated carbocycles. The van der Waals surface area contributed by atoms with E-state index < -0.39 is 0 Å². The van der Waals surface area contributed by atoms with Gasteiger partial charge in [-0.3, -0.25) is 0 Å². The highest BCUT2D eigenvalue weighted by Gasteiger charge is 2.10. The predicted molar refractivity (Wildman–Crippen MR) is 199 cm³/mol. The molecule has 1 atom stereocenters. The fraction of sp³-hybridized carbons (Fsp3) is 0.0976. The van der Waals surface area contributed by atoms with Crippen LogP contribution in [0.15, 0.2) is 164 Å². The van der Waals surface area contributed by atoms with E-state index in [1.165, 1.54) is 0 Å². The van der Waals surface area contributed by atoms with Crippen LogP contribution in [0.1, 0.15) is 25.8 Å². The number of rotatable bonds is 9. The van der Waals surface area contributed by atoms with Crippen molar-refractivity contribution in [1.82, 2.24) is 0 Å². The average molecular weight is 637 g/mol. The number of benzene rings is 7. The average Bonchev–Trinajstić information content (AvgIpc) is 3.16. The first-order chi connectivity index (χ1) is 24.1. The highest BCUT2D eigenvalue weighted by Crippen LogP contribution is 2.39. The zero-order chi connectivity index (χ0) is 33.6. The van der Waals surface area contributed by atoms with Gasteiger partial charge in [-0.15, -0.1) is 25.6 Å². The molecule has 0 radical (unpaired) electrons. The predicted octanol–water partition coefficient (Wildman–Crippen LogP) is 13.5. The molecule has 0 bridgehead atoms. The molecule has 1 N–H and O–H groups in total. The van der Waals surface area contributed by atoms with Gasteiger partial charge in [0.2, 0.25) is 0 Å². The Hall–Kier alpha value is -6.59. The summed E-state index contributed by atoms with van der Waals surface area (Å²) < 4.78 is 0. The maximum absolute atomic E-state index is 9.05. The van der Waals surface area contributed by atoms with Gasteiger partial charge >= 0.3 is 0 Å². The van der Waals surface area contributed by atoms with Crippen LogP contribution < -0.4 is 5.32 Å². The van der Waals surface area contributed by atoms with Crippen molar-refractivity contribution in [3.05, 3.63) is 139 Å². The van der Waals surface area contributed by atoms with E-state index in [9.17, 15) is 0 Å². The van der Waals surface area contributed by atoms with Crippen LogP contribution in [0, 0.1) is 11.3 Å². The molecule has 49 heavy (non-hydrogen) atoms. The Morgan fingerprint density at radius 2 is 0.857 bits per heavy atom. The maximum Gasteiger partial charge on any atom is 0.0991 e. The lowest BCUT2D eigenvalue weighted by Gasteiger charge is -2.15. The van der Waals surface area contributed by atoms with Crippen molar-refractivity contribution in [3.8, 4) is 6.07 Å². The maximum atomic E-state index is 9.05. The first kappa shape index (κ1) is 31.0. The van der Waals surface area contributed by atoms with Crippen LogP contribution in [0.3, 0.4) is 0 Å². The number of azo groups is 3. The van der Waals surface area contributed by atoms with Gasteiger partial charge in [-0.05, 0) is 74.0 Å². The van der Waals surface area contributed by atoms with Gasteiger partial charge in [0.15, 0.2) is 0 Å². The van der Waals surface area contributed by atoms with Gasteiger partial charge in [-0.25, -0.2) is 0 Å². The van der Waals surface area contributed by atoms with Crippen LogP contribution in [-0.2, 0) is 0 Å². The summed E-state index contributed by atoms with van der Waals surface area (Å²) in [5.41, 5.74) is 6.08. The molecule has 0 fully saturated rings. The van der Waals surface area contributed by atoms with Gasteiger partial charge in [0, 0.05) is 44.0 Å². The van der Waals surface area contributed by atoms with Crippen molar-refractivity contribution >= 4 is 72.1 Å². The van der Waals surface area contributed by atoms with Crippen LogP contribution >= 0.6 is 0 Å². The van der Waals surface area contributed by atoms with Crippen molar-refractivity contribution < 1.29 is 0 Å². The van der Waals surface area contributed by atoms with Crippen molar-refractivity contribution in [2.24, 2.45) is 30.7 Å². The third-order valence-corrected chi connectivity index (χ3v) is 8.47. The van der Waals surface area contributed by atoms with Crippen molar-refractivity contribution in [3.63, 3.8) is 0 Å². The lowest BCUT2D eigenvalue weighted by molar-refractivity contribution is 0.765. The van der Waals surface area contributed by atoms with Gasteiger partial charge in [0.25, 0.3) is 0 Å². The summed E-state index contributed by atoms with van der Waals surface area (Å²) in [5.74, 6) is 0. The Bertz CT molecular complexity index is 2440. The van der Waals surface area contributed by atoms with Crippen molar-refractivity contribution in [2.75, 3.05) is 5.32 Å². The number of nitriles is 1. The van der Waals surface area contributed by atoms with Crippen molar-refractivity contribution in [2.45, 2.75) is 26.3 Å². The minimum atomic E-state index is 0.369. The quantitative estimate of drug-likeness (QED) is 0.159. The zero-order valence-electron chi connectivity index (χ0n) is 27.1. The molecule has 7 aromatic rings. The Labute approximate surface area is 284 Å². The Morgan fingerprint density at radius 1 is 0.490 bits per heavy atom. The van der Waals surface area contributed by atoms with E-state index in [-0.39, 0.29) is 0 Å². The number of nitrogens with one attached hydrogen (secondary N) is 1. The van der Waals surface area contributed by atoms with Crippen molar-refractivity contribution in [1.29, 1.82) is 5.26 Å². The first-order valence-electron chi connectivity index (χ1n) is 16.2. The third-order valence-electron chi connectivity index (χ3n) is 8.47. The molecule has 0 aliphatic heterocycles. The van der Waals surface area contributed by atoms with E-state index in [2.05, 4.69) is 58.8 Å². The van der Waals surface area contributed by atoms with E-state index in [0.29, 0.717) is 23.0 Å². The first-order valence-corrected chi connectivity index (χ1v) is 16.2. The molecule has 0 spiro atoms. The standard InChI is InChI=1S/C41H32N8/c1-3-27(2)43-36-20-21-38(31-11-5-4-10-30(31)36)46-47-40-24-25-41(35-15-9-8-14-34(35)40)49-48-39-23-22-37(32-12-6-7-13-33(32)39)45-44-29-18-16-28(26-42)17-19-29/h4-25,27,43H,3H2,1-2H3/b45-44+,47-46+,49-48+. The topological polar surface area (TPSA) is 110 Å². The minimum Gasteiger partial charge on any atom is -0.382 e. The smallest absolute Gasteiger partial charge is 0.0991 e. The molecule has 8 heteroatoms. The summed E-state index contributed by atoms with van der Waals surface area (Å²) in [4.78, 5) is 0. The molecule has 236 valence electrons. The molecule has 0 aromatic heterocycles. The second-order valence-electron chi connectivity index (χ2n) is 11.7. The molecule has 7 aromatic carbocycles. The summed E-state index contributed by atoms with van der Waals surface area (Å²) in [6, 6.07) is 45.5. The molecule has 0 heterocycles. The molecular weight excluding hydrogens is 605 g/mol. The summed E-state index contributed by atoms with van der Waals surface area (Å²) in [6.45, 7) is 4.36. The molecule has 7 rings (SSSR count). The lowest BCUT2D eigenvalue weighted by Crippen LogP contribution is -2.13. The van der Waals surface area contributed by atoms with Gasteiger partial charge in [0.1, 0.15) is 0 Å². The van der Waals surface area contributed by atoms with Gasteiger partial charge in [-0.1, -0.05) is 79.7 Å². The molecular formula is C41H32N8. The molecule has 0 saturated heterocycles. The Morgan fingerprint density at radius 3 is 1.27 bits per heavy atom. The highest BCUT2D eigenvalue weighted by molar-refractivity contribution is 6.02. The minimum absolute atomic E-state index is 0.369. The molecule has 0 aliphatic rings. The SMILES string of the molecule is CCC(C)Nc1ccc(/N=N/c2ccc(/N=N/c3ccc(/N=N/c4ccc(C#N)cc4)c4ccccc34)c3ccccc23)c2ccccc12. The molecule has 8 nitrogen and oxygen atoms in total. The van der Waals surface area contributed by atoms with E-state index >= 15 is 0 Å².